The first-order valence-electron chi connectivity index (χ1n) is 8.88. The van der Waals surface area contributed by atoms with Gasteiger partial charge in [0.1, 0.15) is 5.82 Å². The highest BCUT2D eigenvalue weighted by atomic mass is 19.1. The van der Waals surface area contributed by atoms with Crippen molar-refractivity contribution in [2.45, 2.75) is 31.5 Å². The Morgan fingerprint density at radius 3 is 3.00 bits per heavy atom. The number of carbonyl (C=O) groups excluding carboxylic acids is 1. The average Bonchev–Trinajstić information content (AvgIpc) is 3.39. The Hall–Kier alpha value is -2.93. The van der Waals surface area contributed by atoms with Gasteiger partial charge >= 0.3 is 0 Å². The van der Waals surface area contributed by atoms with E-state index in [1.165, 1.54) is 24.7 Å². The Morgan fingerprint density at radius 1 is 1.37 bits per heavy atom. The molecule has 2 N–H and O–H groups in total. The predicted octanol–water partition coefficient (Wildman–Crippen LogP) is 2.85. The van der Waals surface area contributed by atoms with Crippen LogP contribution in [0.3, 0.4) is 0 Å². The fourth-order valence-corrected chi connectivity index (χ4v) is 3.72. The second-order valence-electron chi connectivity index (χ2n) is 6.91. The molecule has 3 aromatic rings. The first-order chi connectivity index (χ1) is 13.1. The van der Waals surface area contributed by atoms with E-state index in [1.807, 2.05) is 16.9 Å². The van der Waals surface area contributed by atoms with Crippen LogP contribution in [0.4, 0.5) is 4.39 Å². The van der Waals surface area contributed by atoms with Crippen molar-refractivity contribution in [1.29, 1.82) is 0 Å². The van der Waals surface area contributed by atoms with E-state index in [4.69, 9.17) is 4.42 Å². The van der Waals surface area contributed by atoms with E-state index < -0.39 is 17.8 Å². The number of hydrogen-bond donors (Lipinski definition) is 2. The highest BCUT2D eigenvalue weighted by molar-refractivity contribution is 6.01. The molecule has 140 valence electrons. The van der Waals surface area contributed by atoms with Crippen molar-refractivity contribution >= 4 is 5.91 Å². The number of aromatic nitrogens is 2. The number of nitrogens with zero attached hydrogens (tertiary/aromatic N) is 2. The van der Waals surface area contributed by atoms with Crippen molar-refractivity contribution < 1.29 is 18.7 Å². The second kappa shape index (κ2) is 7.36. The van der Waals surface area contributed by atoms with E-state index >= 15 is 0 Å². The number of benzene rings is 1. The minimum atomic E-state index is -0.638. The number of aliphatic hydroxyl groups is 1. The molecule has 0 aliphatic heterocycles. The van der Waals surface area contributed by atoms with Crippen LogP contribution in [0.1, 0.15) is 23.2 Å². The number of furan rings is 1. The van der Waals surface area contributed by atoms with Gasteiger partial charge in [-0.25, -0.2) is 4.39 Å². The Labute approximate surface area is 155 Å². The molecule has 1 fully saturated rings. The molecule has 0 bridgehead atoms. The molecule has 7 heteroatoms. The molecule has 4 rings (SSSR count). The second-order valence-corrected chi connectivity index (χ2v) is 6.91. The number of hydrogen-bond acceptors (Lipinski definition) is 4. The van der Waals surface area contributed by atoms with Crippen molar-refractivity contribution in [2.24, 2.45) is 5.92 Å². The van der Waals surface area contributed by atoms with Crippen LogP contribution in [-0.2, 0) is 6.54 Å². The summed E-state index contributed by atoms with van der Waals surface area (Å²) in [4.78, 5) is 12.8. The molecule has 2 aromatic heterocycles. The molecule has 6 nitrogen and oxygen atoms in total. The smallest absolute Gasteiger partial charge is 0.252 e. The van der Waals surface area contributed by atoms with Gasteiger partial charge in [-0.2, -0.15) is 5.10 Å². The lowest BCUT2D eigenvalue weighted by molar-refractivity contribution is 0.0873. The molecule has 0 spiro atoms. The molecule has 1 aliphatic rings. The Morgan fingerprint density at radius 2 is 2.26 bits per heavy atom. The zero-order chi connectivity index (χ0) is 18.8. The highest BCUT2D eigenvalue weighted by Crippen LogP contribution is 2.29. The van der Waals surface area contributed by atoms with Crippen molar-refractivity contribution in [3.63, 3.8) is 0 Å². The summed E-state index contributed by atoms with van der Waals surface area (Å²) in [6, 6.07) is 7.27. The SMILES string of the molecule is O=C(N[C@@H]1CC(Cn2cccn2)C[C@H]1O)c1cc(F)ccc1-c1ccoc1. The maximum atomic E-state index is 13.8. The molecule has 0 radical (unpaired) electrons. The first kappa shape index (κ1) is 17.5. The lowest BCUT2D eigenvalue weighted by Crippen LogP contribution is -2.40. The molecule has 3 atom stereocenters. The maximum Gasteiger partial charge on any atom is 0.252 e. The van der Waals surface area contributed by atoms with E-state index in [0.29, 0.717) is 30.5 Å². The number of amides is 1. The van der Waals surface area contributed by atoms with Crippen LogP contribution < -0.4 is 5.32 Å². The van der Waals surface area contributed by atoms with E-state index in [1.54, 1.807) is 18.3 Å². The lowest BCUT2D eigenvalue weighted by Gasteiger charge is -2.18. The summed E-state index contributed by atoms with van der Waals surface area (Å²) in [5.74, 6) is -0.684. The van der Waals surface area contributed by atoms with Gasteiger partial charge in [-0.15, -0.1) is 0 Å². The third-order valence-electron chi connectivity index (χ3n) is 5.01. The van der Waals surface area contributed by atoms with Crippen LogP contribution in [-0.4, -0.2) is 32.9 Å². The van der Waals surface area contributed by atoms with E-state index in [9.17, 15) is 14.3 Å². The van der Waals surface area contributed by atoms with Crippen LogP contribution in [0.25, 0.3) is 11.1 Å². The monoisotopic (exact) mass is 369 g/mol. The van der Waals surface area contributed by atoms with E-state index in [2.05, 4.69) is 10.4 Å². The van der Waals surface area contributed by atoms with Gasteiger partial charge in [0.25, 0.3) is 5.91 Å². The third-order valence-corrected chi connectivity index (χ3v) is 5.01. The van der Waals surface area contributed by atoms with Crippen molar-refractivity contribution in [3.8, 4) is 11.1 Å². The van der Waals surface area contributed by atoms with Crippen LogP contribution in [0.2, 0.25) is 0 Å². The van der Waals surface area contributed by atoms with Gasteiger partial charge < -0.3 is 14.8 Å². The zero-order valence-corrected chi connectivity index (χ0v) is 14.6. The zero-order valence-electron chi connectivity index (χ0n) is 14.6. The Kier molecular flexibility index (Phi) is 4.77. The normalized spacial score (nSPS) is 22.1. The lowest BCUT2D eigenvalue weighted by atomic mass is 10.0. The van der Waals surface area contributed by atoms with Gasteiger partial charge in [0.05, 0.1) is 30.2 Å². The fourth-order valence-electron chi connectivity index (χ4n) is 3.72. The molecule has 1 amide bonds. The summed E-state index contributed by atoms with van der Waals surface area (Å²) in [6.07, 6.45) is 7.19. The number of halogens is 1. The van der Waals surface area contributed by atoms with Gasteiger partial charge in [-0.05, 0) is 48.6 Å². The average molecular weight is 369 g/mol. The van der Waals surface area contributed by atoms with Crippen LogP contribution in [0.5, 0.6) is 0 Å². The summed E-state index contributed by atoms with van der Waals surface area (Å²) < 4.78 is 20.6. The van der Waals surface area contributed by atoms with Crippen molar-refractivity contribution in [1.82, 2.24) is 15.1 Å². The maximum absolute atomic E-state index is 13.8. The number of rotatable bonds is 5. The summed E-state index contributed by atoms with van der Waals surface area (Å²) in [7, 11) is 0. The Balaban J connectivity index is 1.49. The van der Waals surface area contributed by atoms with Gasteiger partial charge in [0.15, 0.2) is 0 Å². The molecule has 0 saturated heterocycles. The molecule has 1 unspecified atom stereocenters. The van der Waals surface area contributed by atoms with Crippen molar-refractivity contribution in [2.75, 3.05) is 0 Å². The van der Waals surface area contributed by atoms with Crippen LogP contribution in [0.15, 0.2) is 59.7 Å². The summed E-state index contributed by atoms with van der Waals surface area (Å²) in [5.41, 5.74) is 1.51. The number of carbonyl (C=O) groups is 1. The minimum Gasteiger partial charge on any atom is -0.472 e. The molecule has 1 aliphatic carbocycles. The molecule has 2 heterocycles. The molecular formula is C20H20FN3O3. The van der Waals surface area contributed by atoms with Gasteiger partial charge in [0, 0.05) is 24.5 Å². The first-order valence-corrected chi connectivity index (χ1v) is 8.88. The van der Waals surface area contributed by atoms with Crippen LogP contribution in [0, 0.1) is 11.7 Å². The summed E-state index contributed by atoms with van der Waals surface area (Å²) >= 11 is 0. The molecule has 27 heavy (non-hydrogen) atoms. The Bertz CT molecular complexity index is 909. The third kappa shape index (κ3) is 3.78. The van der Waals surface area contributed by atoms with Gasteiger partial charge in [-0.3, -0.25) is 9.48 Å². The van der Waals surface area contributed by atoms with E-state index in [-0.39, 0.29) is 17.5 Å². The predicted molar refractivity (Wildman–Crippen MR) is 96.3 cm³/mol. The van der Waals surface area contributed by atoms with Crippen molar-refractivity contribution in [3.05, 3.63) is 66.6 Å². The fraction of sp³-hybridized carbons (Fsp3) is 0.300. The highest BCUT2D eigenvalue weighted by Gasteiger charge is 2.34. The standard InChI is InChI=1S/C20H20FN3O3/c21-15-2-3-16(14-4-7-27-12-14)17(10-15)20(26)23-18-8-13(9-19(18)25)11-24-6-1-5-22-24/h1-7,10,12-13,18-19,25H,8-9,11H2,(H,23,26)/t13?,18-,19-/m1/s1. The summed E-state index contributed by atoms with van der Waals surface area (Å²) in [6.45, 7) is 0.691. The molecule has 1 aromatic carbocycles. The summed E-state index contributed by atoms with van der Waals surface area (Å²) in [5, 5.41) is 17.4. The number of aliphatic hydroxyl groups excluding tert-OH is 1. The molecule has 1 saturated carbocycles. The van der Waals surface area contributed by atoms with Gasteiger partial charge in [-0.1, -0.05) is 6.07 Å². The molecular weight excluding hydrogens is 349 g/mol. The quantitative estimate of drug-likeness (QED) is 0.725. The minimum absolute atomic E-state index is 0.214. The topological polar surface area (TPSA) is 80.3 Å². The van der Waals surface area contributed by atoms with E-state index in [0.717, 1.165) is 0 Å². The number of nitrogens with one attached hydrogen (secondary N) is 1. The largest absolute Gasteiger partial charge is 0.472 e. The van der Waals surface area contributed by atoms with Gasteiger partial charge in [0.2, 0.25) is 0 Å². The van der Waals surface area contributed by atoms with Crippen LogP contribution >= 0.6 is 0 Å².